The molecule has 0 heterocycles. The highest BCUT2D eigenvalue weighted by molar-refractivity contribution is 7.98. The first kappa shape index (κ1) is 25.0. The molecular formula is C26H30N2O3S2. The van der Waals surface area contributed by atoms with Gasteiger partial charge in [-0.05, 0) is 62.4 Å². The van der Waals surface area contributed by atoms with Gasteiger partial charge >= 0.3 is 0 Å². The number of hydrogen-bond acceptors (Lipinski definition) is 4. The minimum absolute atomic E-state index is 0.112. The molecule has 0 fully saturated rings. The zero-order chi connectivity index (χ0) is 24.0. The molecule has 0 aliphatic rings. The molecule has 1 amide bonds. The summed E-state index contributed by atoms with van der Waals surface area (Å²) in [5.41, 5.74) is 3.85. The summed E-state index contributed by atoms with van der Waals surface area (Å²) < 4.78 is 28.1. The van der Waals surface area contributed by atoms with Crippen molar-refractivity contribution in [3.05, 3.63) is 95.1 Å². The van der Waals surface area contributed by atoms with E-state index in [0.717, 1.165) is 27.1 Å². The van der Waals surface area contributed by atoms with Gasteiger partial charge in [-0.2, -0.15) is 4.31 Å². The molecular weight excluding hydrogens is 452 g/mol. The van der Waals surface area contributed by atoms with E-state index < -0.39 is 10.0 Å². The molecule has 3 aromatic carbocycles. The molecule has 7 heteroatoms. The molecule has 0 bridgehead atoms. The van der Waals surface area contributed by atoms with E-state index in [1.54, 1.807) is 36.0 Å². The van der Waals surface area contributed by atoms with Crippen molar-refractivity contribution in [1.29, 1.82) is 0 Å². The molecule has 174 valence electrons. The van der Waals surface area contributed by atoms with Gasteiger partial charge in [0.15, 0.2) is 0 Å². The van der Waals surface area contributed by atoms with Crippen LogP contribution in [0.5, 0.6) is 0 Å². The summed E-state index contributed by atoms with van der Waals surface area (Å²) in [5.74, 6) is -0.348. The molecule has 33 heavy (non-hydrogen) atoms. The molecule has 0 saturated heterocycles. The minimum Gasteiger partial charge on any atom is -0.348 e. The molecule has 3 rings (SSSR count). The van der Waals surface area contributed by atoms with Crippen LogP contribution in [-0.2, 0) is 21.4 Å². The van der Waals surface area contributed by atoms with E-state index >= 15 is 0 Å². The van der Waals surface area contributed by atoms with E-state index in [0.29, 0.717) is 0 Å². The standard InChI is InChI=1S/C26H30N2O3S2/c1-19-5-9-22(10-6-19)17-28(33(30,31)25-15-7-20(2)8-16-25)18-26(29)27-21(3)23-11-13-24(32-4)14-12-23/h5-16,21H,17-18H2,1-4H3,(H,27,29). The van der Waals surface area contributed by atoms with Crippen LogP contribution in [0.25, 0.3) is 0 Å². The molecule has 0 aromatic heterocycles. The van der Waals surface area contributed by atoms with Crippen LogP contribution in [0.2, 0.25) is 0 Å². The first-order valence-corrected chi connectivity index (χ1v) is 13.4. The Morgan fingerprint density at radius 2 is 1.45 bits per heavy atom. The third-order valence-electron chi connectivity index (χ3n) is 5.45. The van der Waals surface area contributed by atoms with Gasteiger partial charge in [-0.25, -0.2) is 8.42 Å². The highest BCUT2D eigenvalue weighted by Gasteiger charge is 2.27. The molecule has 0 aliphatic heterocycles. The molecule has 0 aliphatic carbocycles. The number of sulfonamides is 1. The first-order valence-electron chi connectivity index (χ1n) is 10.7. The van der Waals surface area contributed by atoms with Crippen LogP contribution in [0.4, 0.5) is 0 Å². The number of nitrogens with one attached hydrogen (secondary N) is 1. The van der Waals surface area contributed by atoms with Crippen molar-refractivity contribution in [3.8, 4) is 0 Å². The maximum Gasteiger partial charge on any atom is 0.243 e. The molecule has 3 aromatic rings. The lowest BCUT2D eigenvalue weighted by molar-refractivity contribution is -0.122. The van der Waals surface area contributed by atoms with Gasteiger partial charge in [0.2, 0.25) is 15.9 Å². The van der Waals surface area contributed by atoms with Gasteiger partial charge in [0.1, 0.15) is 0 Å². The minimum atomic E-state index is -3.86. The van der Waals surface area contributed by atoms with Gasteiger partial charge in [0, 0.05) is 11.4 Å². The lowest BCUT2D eigenvalue weighted by atomic mass is 10.1. The summed E-state index contributed by atoms with van der Waals surface area (Å²) in [7, 11) is -3.86. The maximum absolute atomic E-state index is 13.4. The molecule has 0 spiro atoms. The summed E-state index contributed by atoms with van der Waals surface area (Å²) in [4.78, 5) is 14.2. The van der Waals surface area contributed by atoms with Gasteiger partial charge in [0.05, 0.1) is 17.5 Å². The quantitative estimate of drug-likeness (QED) is 0.431. The topological polar surface area (TPSA) is 66.5 Å². The van der Waals surface area contributed by atoms with E-state index in [1.807, 2.05) is 75.6 Å². The predicted octanol–water partition coefficient (Wildman–Crippen LogP) is 5.09. The predicted molar refractivity (Wildman–Crippen MR) is 135 cm³/mol. The second-order valence-corrected chi connectivity index (χ2v) is 11.0. The Balaban J connectivity index is 1.81. The molecule has 5 nitrogen and oxygen atoms in total. The van der Waals surface area contributed by atoms with Gasteiger partial charge in [-0.3, -0.25) is 4.79 Å². The zero-order valence-corrected chi connectivity index (χ0v) is 21.0. The summed E-state index contributed by atoms with van der Waals surface area (Å²) in [6.45, 7) is 5.62. The number of carbonyl (C=O) groups excluding carboxylic acids is 1. The lowest BCUT2D eigenvalue weighted by Gasteiger charge is -2.23. The van der Waals surface area contributed by atoms with Gasteiger partial charge in [-0.15, -0.1) is 11.8 Å². The van der Waals surface area contributed by atoms with Gasteiger partial charge in [-0.1, -0.05) is 59.7 Å². The summed E-state index contributed by atoms with van der Waals surface area (Å²) in [6, 6.07) is 22.1. The second-order valence-electron chi connectivity index (χ2n) is 8.13. The van der Waals surface area contributed by atoms with Crippen molar-refractivity contribution < 1.29 is 13.2 Å². The van der Waals surface area contributed by atoms with E-state index in [4.69, 9.17) is 0 Å². The number of benzene rings is 3. The van der Waals surface area contributed by atoms with E-state index in [-0.39, 0.29) is 29.9 Å². The fourth-order valence-electron chi connectivity index (χ4n) is 3.41. The molecule has 1 unspecified atom stereocenters. The Morgan fingerprint density at radius 1 is 0.909 bits per heavy atom. The highest BCUT2D eigenvalue weighted by atomic mass is 32.2. The van der Waals surface area contributed by atoms with Crippen LogP contribution in [0, 0.1) is 13.8 Å². The molecule has 0 saturated carbocycles. The van der Waals surface area contributed by atoms with Crippen LogP contribution >= 0.6 is 11.8 Å². The van der Waals surface area contributed by atoms with Crippen LogP contribution in [-0.4, -0.2) is 31.4 Å². The SMILES string of the molecule is CSc1ccc(C(C)NC(=O)CN(Cc2ccc(C)cc2)S(=O)(=O)c2ccc(C)cc2)cc1. The monoisotopic (exact) mass is 482 g/mol. The molecule has 1 N–H and O–H groups in total. The smallest absolute Gasteiger partial charge is 0.243 e. The Morgan fingerprint density at radius 3 is 2.00 bits per heavy atom. The molecule has 0 radical (unpaired) electrons. The van der Waals surface area contributed by atoms with Crippen molar-refractivity contribution in [2.75, 3.05) is 12.8 Å². The third kappa shape index (κ3) is 6.69. The second kappa shape index (κ2) is 11.0. The highest BCUT2D eigenvalue weighted by Crippen LogP contribution is 2.21. The average Bonchev–Trinajstić information content (AvgIpc) is 2.80. The number of nitrogens with zero attached hydrogens (tertiary/aromatic N) is 1. The fourth-order valence-corrected chi connectivity index (χ4v) is 5.20. The van der Waals surface area contributed by atoms with E-state index in [2.05, 4.69) is 5.32 Å². The van der Waals surface area contributed by atoms with E-state index in [1.165, 1.54) is 4.31 Å². The van der Waals surface area contributed by atoms with Crippen molar-refractivity contribution in [2.24, 2.45) is 0 Å². The van der Waals surface area contributed by atoms with Gasteiger partial charge in [0.25, 0.3) is 0 Å². The number of rotatable bonds is 9. The first-order chi connectivity index (χ1) is 15.7. The largest absolute Gasteiger partial charge is 0.348 e. The summed E-state index contributed by atoms with van der Waals surface area (Å²) >= 11 is 1.65. The molecule has 1 atom stereocenters. The summed E-state index contributed by atoms with van der Waals surface area (Å²) in [6.07, 6.45) is 2.01. The maximum atomic E-state index is 13.4. The third-order valence-corrected chi connectivity index (χ3v) is 8.00. The van der Waals surface area contributed by atoms with Crippen molar-refractivity contribution in [3.63, 3.8) is 0 Å². The Bertz CT molecular complexity index is 1170. The van der Waals surface area contributed by atoms with Crippen LogP contribution in [0.1, 0.15) is 35.2 Å². The van der Waals surface area contributed by atoms with Crippen molar-refractivity contribution >= 4 is 27.7 Å². The van der Waals surface area contributed by atoms with Crippen LogP contribution < -0.4 is 5.32 Å². The van der Waals surface area contributed by atoms with Crippen molar-refractivity contribution in [2.45, 2.75) is 43.1 Å². The van der Waals surface area contributed by atoms with Crippen LogP contribution in [0.15, 0.2) is 82.6 Å². The lowest BCUT2D eigenvalue weighted by Crippen LogP contribution is -2.41. The van der Waals surface area contributed by atoms with Gasteiger partial charge < -0.3 is 5.32 Å². The number of aryl methyl sites for hydroxylation is 2. The Labute approximate surface area is 201 Å². The van der Waals surface area contributed by atoms with Crippen LogP contribution in [0.3, 0.4) is 0 Å². The normalized spacial score (nSPS) is 12.5. The Hall–Kier alpha value is -2.61. The number of amides is 1. The van der Waals surface area contributed by atoms with Crippen molar-refractivity contribution in [1.82, 2.24) is 9.62 Å². The number of carbonyl (C=O) groups is 1. The zero-order valence-electron chi connectivity index (χ0n) is 19.4. The van der Waals surface area contributed by atoms with E-state index in [9.17, 15) is 13.2 Å². The number of hydrogen-bond donors (Lipinski definition) is 1. The number of thioether (sulfide) groups is 1. The summed E-state index contributed by atoms with van der Waals surface area (Å²) in [5, 5.41) is 2.94. The fraction of sp³-hybridized carbons (Fsp3) is 0.269. The average molecular weight is 483 g/mol. The Kier molecular flexibility index (Phi) is 8.35.